The van der Waals surface area contributed by atoms with Gasteiger partial charge in [-0.2, -0.15) is 4.99 Å². The molecule has 0 aromatic carbocycles. The summed E-state index contributed by atoms with van der Waals surface area (Å²) in [5.74, 6) is -0.496. The average Bonchev–Trinajstić information content (AvgIpc) is 1.87. The molecule has 4 nitrogen and oxygen atoms in total. The molecule has 0 aromatic heterocycles. The summed E-state index contributed by atoms with van der Waals surface area (Å²) < 4.78 is 4.55. The molecule has 60 valence electrons. The summed E-state index contributed by atoms with van der Waals surface area (Å²) in [4.78, 5) is 23.5. The van der Waals surface area contributed by atoms with E-state index in [9.17, 15) is 9.59 Å². The van der Waals surface area contributed by atoms with E-state index >= 15 is 0 Å². The third kappa shape index (κ3) is 5.06. The van der Waals surface area contributed by atoms with Gasteiger partial charge in [0.05, 0.1) is 12.3 Å². The topological polar surface area (TPSA) is 55.7 Å². The highest BCUT2D eigenvalue weighted by Crippen LogP contribution is 1.93. The van der Waals surface area contributed by atoms with E-state index in [0.717, 1.165) is 6.08 Å². The van der Waals surface area contributed by atoms with Crippen LogP contribution in [0.4, 0.5) is 0 Å². The van der Waals surface area contributed by atoms with Crippen molar-refractivity contribution in [2.24, 2.45) is 4.99 Å². The van der Waals surface area contributed by atoms with Crippen molar-refractivity contribution in [3.63, 3.8) is 0 Å². The van der Waals surface area contributed by atoms with Gasteiger partial charge in [0.2, 0.25) is 6.08 Å². The fraction of sp³-hybridized carbons (Fsp3) is 0.429. The summed E-state index contributed by atoms with van der Waals surface area (Å²) in [5, 5.41) is 0. The fourth-order valence-electron chi connectivity index (χ4n) is 0.459. The lowest BCUT2D eigenvalue weighted by molar-refractivity contribution is -0.137. The molecule has 0 bridgehead atoms. The maximum absolute atomic E-state index is 10.6. The van der Waals surface area contributed by atoms with Crippen LogP contribution in [0.15, 0.2) is 16.8 Å². The minimum Gasteiger partial charge on any atom is -0.463 e. The van der Waals surface area contributed by atoms with Gasteiger partial charge in [0.1, 0.15) is 0 Å². The average molecular weight is 155 g/mol. The number of carbonyl (C=O) groups is 1. The van der Waals surface area contributed by atoms with Crippen molar-refractivity contribution in [3.05, 3.63) is 11.8 Å². The number of aliphatic imine (C=N–C) groups is 1. The van der Waals surface area contributed by atoms with E-state index in [1.54, 1.807) is 6.92 Å². The van der Waals surface area contributed by atoms with E-state index < -0.39 is 5.97 Å². The Bertz CT molecular complexity index is 214. The number of nitrogens with zero attached hydrogens (tertiary/aromatic N) is 1. The molecule has 11 heavy (non-hydrogen) atoms. The van der Waals surface area contributed by atoms with Crippen LogP contribution in [0.3, 0.4) is 0 Å². The number of rotatable bonds is 3. The first-order valence-corrected chi connectivity index (χ1v) is 3.13. The normalized spacial score (nSPS) is 10.2. The number of hydrogen-bond donors (Lipinski definition) is 0. The van der Waals surface area contributed by atoms with Crippen LogP contribution in [0.2, 0.25) is 0 Å². The van der Waals surface area contributed by atoms with Crippen LogP contribution in [0.5, 0.6) is 0 Å². The van der Waals surface area contributed by atoms with Gasteiger partial charge in [0.15, 0.2) is 0 Å². The van der Waals surface area contributed by atoms with Crippen LogP contribution in [-0.4, -0.2) is 18.7 Å². The molecular formula is C7H9NO3. The largest absolute Gasteiger partial charge is 0.463 e. The Kier molecular flexibility index (Phi) is 4.69. The first kappa shape index (κ1) is 9.59. The van der Waals surface area contributed by atoms with Gasteiger partial charge in [0, 0.05) is 6.08 Å². The molecule has 0 aliphatic rings. The number of allylic oxidation sites excluding steroid dienone is 1. The van der Waals surface area contributed by atoms with Crippen molar-refractivity contribution in [3.8, 4) is 0 Å². The van der Waals surface area contributed by atoms with Gasteiger partial charge < -0.3 is 4.74 Å². The Labute approximate surface area is 64.6 Å². The second-order valence-corrected chi connectivity index (χ2v) is 1.74. The minimum absolute atomic E-state index is 0.290. The minimum atomic E-state index is -0.496. The predicted molar refractivity (Wildman–Crippen MR) is 38.5 cm³/mol. The monoisotopic (exact) mass is 155 g/mol. The van der Waals surface area contributed by atoms with Crippen molar-refractivity contribution in [1.82, 2.24) is 0 Å². The lowest BCUT2D eigenvalue weighted by Crippen LogP contribution is -1.99. The molecule has 0 radical (unpaired) electrons. The molecule has 0 rings (SSSR count). The van der Waals surface area contributed by atoms with E-state index in [4.69, 9.17) is 0 Å². The van der Waals surface area contributed by atoms with E-state index in [2.05, 4.69) is 9.73 Å². The smallest absolute Gasteiger partial charge is 0.332 e. The van der Waals surface area contributed by atoms with E-state index in [-0.39, 0.29) is 0 Å². The van der Waals surface area contributed by atoms with Crippen LogP contribution in [0.1, 0.15) is 13.8 Å². The molecule has 0 heterocycles. The summed E-state index contributed by atoms with van der Waals surface area (Å²) in [6.45, 7) is 3.53. The molecule has 0 N–H and O–H groups in total. The van der Waals surface area contributed by atoms with Crippen LogP contribution in [0.25, 0.3) is 0 Å². The molecule has 0 saturated heterocycles. The summed E-state index contributed by atoms with van der Waals surface area (Å²) in [6.07, 6.45) is 2.45. The zero-order valence-corrected chi connectivity index (χ0v) is 6.46. The van der Waals surface area contributed by atoms with Gasteiger partial charge >= 0.3 is 5.97 Å². The van der Waals surface area contributed by atoms with Crippen molar-refractivity contribution in [2.75, 3.05) is 6.61 Å². The third-order valence-electron chi connectivity index (χ3n) is 0.835. The van der Waals surface area contributed by atoms with Gasteiger partial charge in [-0.3, -0.25) is 0 Å². The van der Waals surface area contributed by atoms with Crippen LogP contribution >= 0.6 is 0 Å². The number of ether oxygens (including phenoxy) is 1. The molecule has 0 spiro atoms. The Balaban J connectivity index is 4.07. The van der Waals surface area contributed by atoms with Crippen LogP contribution in [0, 0.1) is 0 Å². The molecular weight excluding hydrogens is 146 g/mol. The molecule has 0 saturated carbocycles. The van der Waals surface area contributed by atoms with Crippen molar-refractivity contribution in [2.45, 2.75) is 13.8 Å². The maximum Gasteiger partial charge on any atom is 0.332 e. The second kappa shape index (κ2) is 5.38. The van der Waals surface area contributed by atoms with Crippen LogP contribution < -0.4 is 0 Å². The SMILES string of the molecule is CCOC(=O)C=C(C)N=C=O. The zero-order chi connectivity index (χ0) is 8.69. The first-order chi connectivity index (χ1) is 5.20. The van der Waals surface area contributed by atoms with Crippen LogP contribution in [-0.2, 0) is 14.3 Å². The highest BCUT2D eigenvalue weighted by molar-refractivity contribution is 5.82. The lowest BCUT2D eigenvalue weighted by atomic mass is 10.4. The number of isocyanates is 1. The van der Waals surface area contributed by atoms with Gasteiger partial charge in [-0.05, 0) is 13.8 Å². The Hall–Kier alpha value is -1.41. The first-order valence-electron chi connectivity index (χ1n) is 3.13. The summed E-state index contributed by atoms with van der Waals surface area (Å²) in [6, 6.07) is 0. The van der Waals surface area contributed by atoms with E-state index in [1.807, 2.05) is 0 Å². The summed E-state index contributed by atoms with van der Waals surface area (Å²) in [5.41, 5.74) is 0.290. The van der Waals surface area contributed by atoms with E-state index in [1.165, 1.54) is 13.0 Å². The van der Waals surface area contributed by atoms with Gasteiger partial charge in [0.25, 0.3) is 0 Å². The molecule has 0 fully saturated rings. The van der Waals surface area contributed by atoms with E-state index in [0.29, 0.717) is 12.3 Å². The Morgan fingerprint density at radius 2 is 2.36 bits per heavy atom. The third-order valence-corrected chi connectivity index (χ3v) is 0.835. The van der Waals surface area contributed by atoms with Gasteiger partial charge in [-0.25, -0.2) is 9.59 Å². The second-order valence-electron chi connectivity index (χ2n) is 1.74. The van der Waals surface area contributed by atoms with Crippen molar-refractivity contribution in [1.29, 1.82) is 0 Å². The quantitative estimate of drug-likeness (QED) is 0.262. The molecule has 0 aliphatic carbocycles. The van der Waals surface area contributed by atoms with Crippen molar-refractivity contribution < 1.29 is 14.3 Å². The standard InChI is InChI=1S/C7H9NO3/c1-3-11-7(10)4-6(2)8-5-9/h4H,3H2,1-2H3. The molecule has 0 unspecified atom stereocenters. The Morgan fingerprint density at radius 1 is 1.73 bits per heavy atom. The molecule has 0 atom stereocenters. The summed E-state index contributed by atoms with van der Waals surface area (Å²) in [7, 11) is 0. The Morgan fingerprint density at radius 3 is 2.82 bits per heavy atom. The lowest BCUT2D eigenvalue weighted by Gasteiger charge is -1.94. The number of carbonyl (C=O) groups excluding carboxylic acids is 2. The molecule has 4 heteroatoms. The molecule has 0 aromatic rings. The number of esters is 1. The molecule has 0 aliphatic heterocycles. The van der Waals surface area contributed by atoms with Gasteiger partial charge in [-0.1, -0.05) is 0 Å². The maximum atomic E-state index is 10.6. The predicted octanol–water partition coefficient (Wildman–Crippen LogP) is 0.789. The highest BCUT2D eigenvalue weighted by Gasteiger charge is 1.95. The number of hydrogen-bond acceptors (Lipinski definition) is 4. The zero-order valence-electron chi connectivity index (χ0n) is 6.46. The van der Waals surface area contributed by atoms with Crippen molar-refractivity contribution >= 4 is 12.0 Å². The summed E-state index contributed by atoms with van der Waals surface area (Å²) >= 11 is 0. The van der Waals surface area contributed by atoms with Gasteiger partial charge in [-0.15, -0.1) is 0 Å². The fourth-order valence-corrected chi connectivity index (χ4v) is 0.459. The molecule has 0 amide bonds. The highest BCUT2D eigenvalue weighted by atomic mass is 16.5.